The number of amides is 1. The van der Waals surface area contributed by atoms with E-state index >= 15 is 0 Å². The van der Waals surface area contributed by atoms with Gasteiger partial charge in [-0.2, -0.15) is 4.68 Å². The second-order valence-corrected chi connectivity index (χ2v) is 8.33. The van der Waals surface area contributed by atoms with Gasteiger partial charge in [0.25, 0.3) is 5.91 Å². The summed E-state index contributed by atoms with van der Waals surface area (Å²) in [5.41, 5.74) is 5.19. The number of nitrogens with zero attached hydrogens (tertiary/aromatic N) is 7. The van der Waals surface area contributed by atoms with Gasteiger partial charge in [0.15, 0.2) is 11.5 Å². The van der Waals surface area contributed by atoms with Crippen LogP contribution in [0.5, 0.6) is 0 Å². The van der Waals surface area contributed by atoms with E-state index in [0.717, 1.165) is 22.3 Å². The summed E-state index contributed by atoms with van der Waals surface area (Å²) in [7, 11) is 0. The number of aromatic nitrogens is 8. The molecule has 10 heteroatoms. The Balaban J connectivity index is 1.49. The van der Waals surface area contributed by atoms with Gasteiger partial charge in [0.05, 0.1) is 17.9 Å². The zero-order chi connectivity index (χ0) is 23.7. The molecule has 0 aliphatic rings. The van der Waals surface area contributed by atoms with E-state index < -0.39 is 0 Å². The third kappa shape index (κ3) is 4.25. The van der Waals surface area contributed by atoms with Gasteiger partial charge in [-0.05, 0) is 59.3 Å². The first kappa shape index (κ1) is 21.4. The SMILES string of the molecule is Cc1ccc(-c2cc(C(=O)NCc3nc4cccnc4[nH]3)cc(-n3nnnc3C(C)C)c2)nc1. The molecule has 5 aromatic rings. The smallest absolute Gasteiger partial charge is 0.251 e. The molecular weight excluding hydrogens is 430 g/mol. The summed E-state index contributed by atoms with van der Waals surface area (Å²) in [5.74, 6) is 1.19. The number of hydrogen-bond donors (Lipinski definition) is 2. The average molecular weight is 454 g/mol. The number of aryl methyl sites for hydroxylation is 1. The third-order valence-electron chi connectivity index (χ3n) is 5.36. The number of imidazole rings is 1. The third-order valence-corrected chi connectivity index (χ3v) is 5.36. The van der Waals surface area contributed by atoms with Gasteiger partial charge in [0.2, 0.25) is 0 Å². The molecule has 0 aliphatic heterocycles. The van der Waals surface area contributed by atoms with E-state index in [4.69, 9.17) is 0 Å². The molecule has 34 heavy (non-hydrogen) atoms. The van der Waals surface area contributed by atoms with Crippen molar-refractivity contribution in [1.82, 2.24) is 45.5 Å². The fourth-order valence-corrected chi connectivity index (χ4v) is 3.63. The molecule has 4 heterocycles. The highest BCUT2D eigenvalue weighted by atomic mass is 16.1. The second kappa shape index (κ2) is 8.81. The zero-order valence-electron chi connectivity index (χ0n) is 19.0. The summed E-state index contributed by atoms with van der Waals surface area (Å²) in [6.07, 6.45) is 3.49. The van der Waals surface area contributed by atoms with Crippen LogP contribution in [0.2, 0.25) is 0 Å². The Bertz CT molecular complexity index is 1430. The Morgan fingerprint density at radius 2 is 2.03 bits per heavy atom. The number of rotatable bonds is 6. The van der Waals surface area contributed by atoms with Crippen LogP contribution in [0.15, 0.2) is 54.9 Å². The molecule has 4 aromatic heterocycles. The first-order valence-electron chi connectivity index (χ1n) is 10.9. The van der Waals surface area contributed by atoms with E-state index in [2.05, 4.69) is 40.8 Å². The average Bonchev–Trinajstić information content (AvgIpc) is 3.50. The first-order valence-corrected chi connectivity index (χ1v) is 10.9. The van der Waals surface area contributed by atoms with Gasteiger partial charge in [0.1, 0.15) is 11.3 Å². The zero-order valence-corrected chi connectivity index (χ0v) is 19.0. The molecule has 2 N–H and O–H groups in total. The molecule has 0 saturated heterocycles. The number of aromatic amines is 1. The molecule has 0 unspecified atom stereocenters. The summed E-state index contributed by atoms with van der Waals surface area (Å²) >= 11 is 0. The molecule has 5 rings (SSSR count). The summed E-state index contributed by atoms with van der Waals surface area (Å²) in [4.78, 5) is 29.5. The van der Waals surface area contributed by atoms with Crippen LogP contribution in [0.1, 0.15) is 47.3 Å². The van der Waals surface area contributed by atoms with Crippen LogP contribution >= 0.6 is 0 Å². The van der Waals surface area contributed by atoms with Crippen molar-refractivity contribution in [3.8, 4) is 16.9 Å². The van der Waals surface area contributed by atoms with E-state index in [1.54, 1.807) is 23.1 Å². The lowest BCUT2D eigenvalue weighted by molar-refractivity contribution is 0.0950. The number of tetrazole rings is 1. The Kier molecular flexibility index (Phi) is 5.54. The maximum Gasteiger partial charge on any atom is 0.251 e. The lowest BCUT2D eigenvalue weighted by Crippen LogP contribution is -2.23. The molecule has 10 nitrogen and oxygen atoms in total. The maximum atomic E-state index is 13.2. The van der Waals surface area contributed by atoms with E-state index in [1.165, 1.54) is 0 Å². The van der Waals surface area contributed by atoms with Gasteiger partial charge >= 0.3 is 0 Å². The lowest BCUT2D eigenvalue weighted by Gasteiger charge is -2.12. The van der Waals surface area contributed by atoms with Crippen LogP contribution in [-0.2, 0) is 6.54 Å². The van der Waals surface area contributed by atoms with Gasteiger partial charge in [-0.15, -0.1) is 5.10 Å². The number of carbonyl (C=O) groups excluding carboxylic acids is 1. The molecule has 170 valence electrons. The Labute approximate surface area is 195 Å². The van der Waals surface area contributed by atoms with Crippen molar-refractivity contribution in [1.29, 1.82) is 0 Å². The predicted molar refractivity (Wildman–Crippen MR) is 126 cm³/mol. The van der Waals surface area contributed by atoms with Crippen LogP contribution in [0, 0.1) is 6.92 Å². The predicted octanol–water partition coefficient (Wildman–Crippen LogP) is 3.36. The van der Waals surface area contributed by atoms with Crippen molar-refractivity contribution in [2.24, 2.45) is 0 Å². The first-order chi connectivity index (χ1) is 16.5. The van der Waals surface area contributed by atoms with E-state index in [1.807, 2.05) is 57.2 Å². The summed E-state index contributed by atoms with van der Waals surface area (Å²) in [5, 5.41) is 15.1. The minimum absolute atomic E-state index is 0.107. The van der Waals surface area contributed by atoms with Crippen LogP contribution < -0.4 is 5.32 Å². The molecule has 0 spiro atoms. The van der Waals surface area contributed by atoms with Gasteiger partial charge in [0, 0.05) is 29.4 Å². The Hall–Kier alpha value is -4.47. The highest BCUT2D eigenvalue weighted by Crippen LogP contribution is 2.25. The van der Waals surface area contributed by atoms with Gasteiger partial charge in [-0.1, -0.05) is 19.9 Å². The highest BCUT2D eigenvalue weighted by molar-refractivity contribution is 5.96. The monoisotopic (exact) mass is 453 g/mol. The second-order valence-electron chi connectivity index (χ2n) is 8.33. The molecular formula is C24H23N9O. The quantitative estimate of drug-likeness (QED) is 0.403. The van der Waals surface area contributed by atoms with E-state index in [-0.39, 0.29) is 18.4 Å². The molecule has 1 amide bonds. The molecule has 0 fully saturated rings. The molecule has 1 aromatic carbocycles. The van der Waals surface area contributed by atoms with Crippen LogP contribution in [0.3, 0.4) is 0 Å². The van der Waals surface area contributed by atoms with Crippen molar-refractivity contribution < 1.29 is 4.79 Å². The normalized spacial score (nSPS) is 11.3. The van der Waals surface area contributed by atoms with Crippen molar-refractivity contribution in [2.45, 2.75) is 33.2 Å². The van der Waals surface area contributed by atoms with E-state index in [0.29, 0.717) is 28.5 Å². The molecule has 0 radical (unpaired) electrons. The highest BCUT2D eigenvalue weighted by Gasteiger charge is 2.17. The summed E-state index contributed by atoms with van der Waals surface area (Å²) < 4.78 is 1.66. The molecule has 0 bridgehead atoms. The van der Waals surface area contributed by atoms with Crippen LogP contribution in [0.25, 0.3) is 28.1 Å². The number of benzene rings is 1. The lowest BCUT2D eigenvalue weighted by atomic mass is 10.0. The maximum absolute atomic E-state index is 13.2. The fourth-order valence-electron chi connectivity index (χ4n) is 3.63. The number of H-pyrrole nitrogens is 1. The van der Waals surface area contributed by atoms with Crippen molar-refractivity contribution >= 4 is 17.1 Å². The van der Waals surface area contributed by atoms with Crippen LogP contribution in [0.4, 0.5) is 0 Å². The number of nitrogens with one attached hydrogen (secondary N) is 2. The minimum atomic E-state index is -0.247. The molecule has 0 saturated carbocycles. The number of hydrogen-bond acceptors (Lipinski definition) is 7. The van der Waals surface area contributed by atoms with Crippen LogP contribution in [-0.4, -0.2) is 46.1 Å². The van der Waals surface area contributed by atoms with Crippen molar-refractivity contribution in [3.05, 3.63) is 77.6 Å². The Morgan fingerprint density at radius 3 is 2.79 bits per heavy atom. The summed E-state index contributed by atoms with van der Waals surface area (Å²) in [6, 6.07) is 13.1. The number of carbonyl (C=O) groups is 1. The Morgan fingerprint density at radius 1 is 1.15 bits per heavy atom. The largest absolute Gasteiger partial charge is 0.345 e. The summed E-state index contributed by atoms with van der Waals surface area (Å²) in [6.45, 7) is 6.25. The minimum Gasteiger partial charge on any atom is -0.345 e. The number of fused-ring (bicyclic) bond motifs is 1. The molecule has 0 atom stereocenters. The van der Waals surface area contributed by atoms with E-state index in [9.17, 15) is 4.79 Å². The van der Waals surface area contributed by atoms with Gasteiger partial charge in [-0.3, -0.25) is 9.78 Å². The number of pyridine rings is 2. The topological polar surface area (TPSA) is 127 Å². The van der Waals surface area contributed by atoms with Gasteiger partial charge < -0.3 is 10.3 Å². The van der Waals surface area contributed by atoms with Crippen molar-refractivity contribution in [2.75, 3.05) is 0 Å². The van der Waals surface area contributed by atoms with Gasteiger partial charge in [-0.25, -0.2) is 9.97 Å². The van der Waals surface area contributed by atoms with Crippen molar-refractivity contribution in [3.63, 3.8) is 0 Å². The standard InChI is InChI=1S/C24H23N9O/c1-14(2)23-30-31-32-33(23)18-10-16(19-7-6-15(3)12-26-19)9-17(11-18)24(34)27-13-21-28-20-5-4-8-25-22(20)29-21/h4-12,14H,13H2,1-3H3,(H,27,34)(H,25,28,29). The fraction of sp³-hybridized carbons (Fsp3) is 0.208. The molecule has 0 aliphatic carbocycles.